The lowest BCUT2D eigenvalue weighted by atomic mass is 10.1. The highest BCUT2D eigenvalue weighted by atomic mass is 127. The highest BCUT2D eigenvalue weighted by Gasteiger charge is 2.29. The number of carbonyl (C=O) groups is 1. The summed E-state index contributed by atoms with van der Waals surface area (Å²) in [4.78, 5) is 11.5. The van der Waals surface area contributed by atoms with Crippen molar-refractivity contribution in [3.63, 3.8) is 0 Å². The van der Waals surface area contributed by atoms with Crippen LogP contribution < -0.4 is 0 Å². The number of ketones is 1. The second-order valence-corrected chi connectivity index (χ2v) is 4.94. The summed E-state index contributed by atoms with van der Waals surface area (Å²) in [5, 5.41) is 0. The number of rotatable bonds is 0. The van der Waals surface area contributed by atoms with E-state index in [0.29, 0.717) is 5.78 Å². The van der Waals surface area contributed by atoms with Gasteiger partial charge in [-0.25, -0.2) is 0 Å². The quantitative estimate of drug-likeness (QED) is 0.619. The summed E-state index contributed by atoms with van der Waals surface area (Å²) in [7, 11) is 0. The van der Waals surface area contributed by atoms with Crippen molar-refractivity contribution < 1.29 is 4.79 Å². The van der Waals surface area contributed by atoms with Gasteiger partial charge in [-0.3, -0.25) is 4.79 Å². The molecule has 1 aliphatic heterocycles. The van der Waals surface area contributed by atoms with Crippen molar-refractivity contribution >= 4 is 30.2 Å². The van der Waals surface area contributed by atoms with E-state index >= 15 is 0 Å². The molecule has 0 aromatic heterocycles. The van der Waals surface area contributed by atoms with Gasteiger partial charge in [0.05, 0.1) is 0 Å². The van der Waals surface area contributed by atoms with Gasteiger partial charge in [0.2, 0.25) is 0 Å². The van der Waals surface area contributed by atoms with E-state index in [-0.39, 0.29) is 26.6 Å². The topological polar surface area (TPSA) is 17.1 Å². The minimum Gasteiger partial charge on any atom is -0.294 e. The smallest absolute Gasteiger partial charge is 0.166 e. The van der Waals surface area contributed by atoms with Gasteiger partial charge in [0.15, 0.2) is 5.78 Å². The molecule has 1 atom stereocenters. The Labute approximate surface area is 81.6 Å². The van der Waals surface area contributed by atoms with E-state index in [2.05, 4.69) is 7.75 Å². The first-order valence-electron chi connectivity index (χ1n) is 3.94. The van der Waals surface area contributed by atoms with Crippen LogP contribution in [0.2, 0.25) is 0 Å². The highest BCUT2D eigenvalue weighted by Crippen LogP contribution is 2.34. The lowest BCUT2D eigenvalue weighted by molar-refractivity contribution is -0.117. The molecule has 0 radical (unpaired) electrons. The Bertz CT molecular complexity index is 354. The number of carbonyl (C=O) groups excluding carboxylic acids is 1. The summed E-state index contributed by atoms with van der Waals surface area (Å²) < 4.78 is 5.41. The van der Waals surface area contributed by atoms with Gasteiger partial charge in [-0.2, -0.15) is 0 Å². The van der Waals surface area contributed by atoms with Crippen molar-refractivity contribution in [1.29, 1.82) is 0 Å². The van der Waals surface area contributed by atoms with Crippen LogP contribution >= 0.6 is 20.7 Å². The van der Waals surface area contributed by atoms with Gasteiger partial charge >= 0.3 is 0 Å². The van der Waals surface area contributed by atoms with Crippen molar-refractivity contribution in [2.45, 2.75) is 13.3 Å². The second-order valence-electron chi connectivity index (χ2n) is 3.07. The summed E-state index contributed by atoms with van der Waals surface area (Å²) in [6.07, 6.45) is 4.77. The zero-order chi connectivity index (χ0) is 8.55. The fraction of sp³-hybridized carbons (Fsp3) is 0.300. The normalized spacial score (nSPS) is 27.1. The lowest BCUT2D eigenvalue weighted by Gasteiger charge is -1.93. The van der Waals surface area contributed by atoms with E-state index < -0.39 is 0 Å². The summed E-state index contributed by atoms with van der Waals surface area (Å²) in [6, 6.07) is 0. The van der Waals surface area contributed by atoms with Crippen LogP contribution in [0, 0.1) is 5.92 Å². The largest absolute Gasteiger partial charge is 0.294 e. The van der Waals surface area contributed by atoms with Gasteiger partial charge in [0, 0.05) is 11.5 Å². The fourth-order valence-electron chi connectivity index (χ4n) is 1.50. The van der Waals surface area contributed by atoms with Crippen molar-refractivity contribution in [3.8, 4) is 0 Å². The molecule has 0 bridgehead atoms. The number of fused-ring (bicyclic) bond motifs is 1. The van der Waals surface area contributed by atoms with Crippen LogP contribution in [0.15, 0.2) is 27.4 Å². The van der Waals surface area contributed by atoms with Gasteiger partial charge in [-0.15, -0.1) is 0 Å². The van der Waals surface area contributed by atoms with Crippen LogP contribution in [-0.2, 0) is 4.79 Å². The highest BCUT2D eigenvalue weighted by molar-refractivity contribution is 14.2. The first-order valence-corrected chi connectivity index (χ1v) is 6.26. The summed E-state index contributed by atoms with van der Waals surface area (Å²) in [6.45, 7) is 2.00. The molecule has 1 fully saturated rings. The van der Waals surface area contributed by atoms with E-state index in [4.69, 9.17) is 0 Å². The molecule has 0 saturated heterocycles. The van der Waals surface area contributed by atoms with Crippen LogP contribution in [0.3, 0.4) is 0 Å². The minimum atomic E-state index is -0.0573. The summed E-state index contributed by atoms with van der Waals surface area (Å²) >= 11 is -0.0573. The number of halogens is 1. The maximum Gasteiger partial charge on any atom is 0.166 e. The molecule has 0 aromatic rings. The average Bonchev–Trinajstić information content (AvgIpc) is 2.30. The Morgan fingerprint density at radius 1 is 1.67 bits per heavy atom. The predicted octanol–water partition coefficient (Wildman–Crippen LogP) is 2.35. The van der Waals surface area contributed by atoms with E-state index in [1.165, 1.54) is 5.57 Å². The molecule has 0 N–H and O–H groups in total. The third-order valence-electron chi connectivity index (χ3n) is 2.15. The van der Waals surface area contributed by atoms with Gasteiger partial charge in [0.25, 0.3) is 0 Å². The van der Waals surface area contributed by atoms with Gasteiger partial charge in [-0.1, -0.05) is 10.6 Å². The minimum absolute atomic E-state index is 0.0573. The fourth-order valence-corrected chi connectivity index (χ4v) is 3.03. The van der Waals surface area contributed by atoms with Gasteiger partial charge < -0.3 is 0 Å². The molecule has 1 aliphatic carbocycles. The monoisotopic (exact) mass is 272 g/mol. The molecule has 2 rings (SSSR count). The Balaban J connectivity index is 2.48. The van der Waals surface area contributed by atoms with Gasteiger partial charge in [-0.05, 0) is 49.0 Å². The molecular weight excluding hydrogens is 263 g/mol. The molecule has 62 valence electrons. The molecule has 1 nitrogen and oxygen atoms in total. The first-order chi connectivity index (χ1) is 5.79. The molecule has 0 spiro atoms. The molecule has 2 heteroatoms. The summed E-state index contributed by atoms with van der Waals surface area (Å²) in [5.41, 5.74) is 2.20. The summed E-state index contributed by atoms with van der Waals surface area (Å²) in [5.74, 6) is 0.517. The number of hydrogen-bond acceptors (Lipinski definition) is 1. The van der Waals surface area contributed by atoms with E-state index in [0.717, 1.165) is 12.0 Å². The third-order valence-corrected chi connectivity index (χ3v) is 3.93. The SMILES string of the molecule is CC1CC2=CI=C=CC=C2C1=O. The standard InChI is InChI=1S/C10H9IO/c1-7-5-8-6-11-4-2-3-9(8)10(7)12/h2-3,6-7H,5H2,1H3. The second kappa shape index (κ2) is 3.11. The van der Waals surface area contributed by atoms with Crippen LogP contribution in [0.25, 0.3) is 0 Å². The Kier molecular flexibility index (Phi) is 2.11. The number of allylic oxidation sites excluding steroid dienone is 4. The molecule has 1 unspecified atom stereocenters. The molecule has 2 aliphatic rings. The maximum absolute atomic E-state index is 11.5. The van der Waals surface area contributed by atoms with Crippen molar-refractivity contribution in [2.24, 2.45) is 5.92 Å². The Hall–Kier alpha value is -0.470. The van der Waals surface area contributed by atoms with Crippen LogP contribution in [0.1, 0.15) is 13.3 Å². The Morgan fingerprint density at radius 3 is 3.33 bits per heavy atom. The van der Waals surface area contributed by atoms with Crippen molar-refractivity contribution in [3.05, 3.63) is 27.4 Å². The molecule has 0 aromatic carbocycles. The molecular formula is C10H9IO. The van der Waals surface area contributed by atoms with E-state index in [1.54, 1.807) is 0 Å². The average molecular weight is 272 g/mol. The van der Waals surface area contributed by atoms with Crippen LogP contribution in [0.5, 0.6) is 0 Å². The molecule has 0 amide bonds. The zero-order valence-electron chi connectivity index (χ0n) is 6.80. The van der Waals surface area contributed by atoms with Crippen molar-refractivity contribution in [1.82, 2.24) is 0 Å². The van der Waals surface area contributed by atoms with E-state index in [9.17, 15) is 4.79 Å². The molecule has 1 heterocycles. The number of Topliss-reactive ketones (excluding diaryl/α,β-unsaturated/α-hetero) is 1. The third kappa shape index (κ3) is 1.25. The Morgan fingerprint density at radius 2 is 2.50 bits per heavy atom. The molecule has 1 saturated carbocycles. The van der Waals surface area contributed by atoms with E-state index in [1.807, 2.05) is 19.1 Å². The maximum atomic E-state index is 11.5. The van der Waals surface area contributed by atoms with Gasteiger partial charge in [0.1, 0.15) is 0 Å². The lowest BCUT2D eigenvalue weighted by Crippen LogP contribution is -2.02. The predicted molar refractivity (Wildman–Crippen MR) is 58.6 cm³/mol. The molecule has 12 heavy (non-hydrogen) atoms. The van der Waals surface area contributed by atoms with Crippen molar-refractivity contribution in [2.75, 3.05) is 0 Å². The van der Waals surface area contributed by atoms with Crippen LogP contribution in [0.4, 0.5) is 0 Å². The van der Waals surface area contributed by atoms with Crippen LogP contribution in [-0.4, -0.2) is 9.45 Å². The number of hydrogen-bond donors (Lipinski definition) is 0. The first kappa shape index (κ1) is 8.14. The zero-order valence-corrected chi connectivity index (χ0v) is 8.96.